The van der Waals surface area contributed by atoms with E-state index in [0.717, 1.165) is 30.4 Å². The van der Waals surface area contributed by atoms with Crippen LogP contribution in [-0.4, -0.2) is 99.5 Å². The largest absolute Gasteiger partial charge is 0.393 e. The summed E-state index contributed by atoms with van der Waals surface area (Å²) in [6.45, 7) is 13.3. The summed E-state index contributed by atoms with van der Waals surface area (Å²) in [4.78, 5) is 0. The van der Waals surface area contributed by atoms with E-state index in [-0.39, 0.29) is 47.2 Å². The normalized spacial score (nSPS) is 47.9. The lowest BCUT2D eigenvalue weighted by molar-refractivity contribution is -0.213. The van der Waals surface area contributed by atoms with Gasteiger partial charge in [-0.05, 0) is 84.5 Å². The molecule has 1 aliphatic heterocycles. The Bertz CT molecular complexity index is 1080. The van der Waals surface area contributed by atoms with E-state index in [4.69, 9.17) is 14.2 Å². The van der Waals surface area contributed by atoms with E-state index in [1.807, 2.05) is 0 Å². The van der Waals surface area contributed by atoms with Crippen molar-refractivity contribution in [3.63, 3.8) is 0 Å². The van der Waals surface area contributed by atoms with Crippen molar-refractivity contribution >= 4 is 0 Å². The first kappa shape index (κ1) is 34.5. The van der Waals surface area contributed by atoms with Crippen LogP contribution in [0.4, 0.5) is 0 Å². The molecule has 5 rings (SSSR count). The molecule has 0 radical (unpaired) electrons. The van der Waals surface area contributed by atoms with E-state index < -0.39 is 49.0 Å². The number of allylic oxidation sites excluding steroid dienone is 2. The highest BCUT2D eigenvalue weighted by Crippen LogP contribution is 2.66. The molecular formula is C35H58O9. The van der Waals surface area contributed by atoms with E-state index >= 15 is 0 Å². The lowest BCUT2D eigenvalue weighted by Gasteiger charge is -2.59. The Hall–Kier alpha value is -0.880. The number of rotatable bonds is 9. The molecule has 0 aromatic heterocycles. The molecule has 1 heterocycles. The van der Waals surface area contributed by atoms with Crippen LogP contribution in [0.15, 0.2) is 23.3 Å². The van der Waals surface area contributed by atoms with Gasteiger partial charge in [0.1, 0.15) is 30.5 Å². The Kier molecular flexibility index (Phi) is 10.2. The van der Waals surface area contributed by atoms with Crippen molar-refractivity contribution in [2.24, 2.45) is 46.3 Å². The van der Waals surface area contributed by atoms with E-state index in [0.29, 0.717) is 31.1 Å². The summed E-state index contributed by atoms with van der Waals surface area (Å²) in [7, 11) is 1.45. The van der Waals surface area contributed by atoms with Crippen molar-refractivity contribution in [2.45, 2.75) is 135 Å². The quantitative estimate of drug-likeness (QED) is 0.214. The predicted molar refractivity (Wildman–Crippen MR) is 165 cm³/mol. The molecule has 0 aromatic rings. The minimum absolute atomic E-state index is 0.0134. The average Bonchev–Trinajstić information content (AvgIpc) is 3.43. The third kappa shape index (κ3) is 5.77. The molecule has 16 atom stereocenters. The number of fused-ring (bicyclic) bond motifs is 4. The first-order valence-electron chi connectivity index (χ1n) is 17.0. The summed E-state index contributed by atoms with van der Waals surface area (Å²) in [6.07, 6.45) is 0.109. The molecule has 3 saturated carbocycles. The maximum absolute atomic E-state index is 11.7. The molecule has 4 fully saturated rings. The van der Waals surface area contributed by atoms with E-state index in [1.165, 1.54) is 7.11 Å². The summed E-state index contributed by atoms with van der Waals surface area (Å²) in [5.74, 6) is 0.919. The Morgan fingerprint density at radius 3 is 2.32 bits per heavy atom. The average molecular weight is 623 g/mol. The van der Waals surface area contributed by atoms with Crippen molar-refractivity contribution in [1.82, 2.24) is 0 Å². The minimum Gasteiger partial charge on any atom is -0.393 e. The second-order valence-electron chi connectivity index (χ2n) is 15.6. The maximum Gasteiger partial charge on any atom is 0.187 e. The predicted octanol–water partition coefficient (Wildman–Crippen LogP) is 2.95. The fourth-order valence-electron chi connectivity index (χ4n) is 9.81. The molecular weight excluding hydrogens is 564 g/mol. The summed E-state index contributed by atoms with van der Waals surface area (Å²) < 4.78 is 17.6. The lowest BCUT2D eigenvalue weighted by Crippen LogP contribution is -2.58. The fourth-order valence-corrected chi connectivity index (χ4v) is 9.81. The van der Waals surface area contributed by atoms with E-state index in [9.17, 15) is 30.6 Å². The number of aliphatic hydroxyl groups excluding tert-OH is 6. The molecule has 1 saturated heterocycles. The molecule has 5 aliphatic rings. The van der Waals surface area contributed by atoms with Crippen LogP contribution < -0.4 is 0 Å². The molecule has 252 valence electrons. The minimum atomic E-state index is -1.34. The van der Waals surface area contributed by atoms with Gasteiger partial charge in [-0.2, -0.15) is 0 Å². The van der Waals surface area contributed by atoms with Crippen LogP contribution in [0.5, 0.6) is 0 Å². The highest BCUT2D eigenvalue weighted by Gasteiger charge is 2.62. The van der Waals surface area contributed by atoms with Crippen molar-refractivity contribution in [1.29, 1.82) is 0 Å². The first-order chi connectivity index (χ1) is 20.6. The third-order valence-electron chi connectivity index (χ3n) is 12.8. The number of ether oxygens (including phenoxy) is 3. The van der Waals surface area contributed by atoms with Gasteiger partial charge in [-0.3, -0.25) is 0 Å². The lowest BCUT2D eigenvalue weighted by atomic mass is 9.47. The van der Waals surface area contributed by atoms with Gasteiger partial charge in [-0.1, -0.05) is 59.3 Å². The number of hydrogen-bond donors (Lipinski definition) is 6. The van der Waals surface area contributed by atoms with Gasteiger partial charge in [0.15, 0.2) is 6.29 Å². The van der Waals surface area contributed by atoms with Crippen LogP contribution in [0.3, 0.4) is 0 Å². The fraction of sp³-hybridized carbons (Fsp3) is 0.886. The molecule has 6 N–H and O–H groups in total. The third-order valence-corrected chi connectivity index (χ3v) is 12.8. The molecule has 1 unspecified atom stereocenters. The molecule has 44 heavy (non-hydrogen) atoms. The van der Waals surface area contributed by atoms with Gasteiger partial charge in [0.2, 0.25) is 0 Å². The van der Waals surface area contributed by atoms with Crippen LogP contribution in [0.2, 0.25) is 0 Å². The van der Waals surface area contributed by atoms with Gasteiger partial charge < -0.3 is 44.8 Å². The van der Waals surface area contributed by atoms with Crippen molar-refractivity contribution in [2.75, 3.05) is 13.7 Å². The molecule has 0 spiro atoms. The Balaban J connectivity index is 1.52. The van der Waals surface area contributed by atoms with Crippen molar-refractivity contribution < 1.29 is 44.8 Å². The van der Waals surface area contributed by atoms with Gasteiger partial charge in [0.05, 0.1) is 24.9 Å². The monoisotopic (exact) mass is 622 g/mol. The maximum atomic E-state index is 11.7. The number of methoxy groups -OCH3 is 1. The van der Waals surface area contributed by atoms with Gasteiger partial charge in [0, 0.05) is 13.0 Å². The second-order valence-corrected chi connectivity index (χ2v) is 15.6. The number of aliphatic hydroxyl groups is 6. The highest BCUT2D eigenvalue weighted by molar-refractivity contribution is 5.40. The van der Waals surface area contributed by atoms with Gasteiger partial charge in [-0.15, -0.1) is 0 Å². The first-order valence-corrected chi connectivity index (χ1v) is 17.0. The molecule has 4 aliphatic carbocycles. The van der Waals surface area contributed by atoms with Crippen LogP contribution >= 0.6 is 0 Å². The Labute approximate surface area is 263 Å². The zero-order valence-electron chi connectivity index (χ0n) is 27.7. The topological polar surface area (TPSA) is 149 Å². The molecule has 0 amide bonds. The van der Waals surface area contributed by atoms with Gasteiger partial charge in [-0.25, -0.2) is 0 Å². The highest BCUT2D eigenvalue weighted by atomic mass is 16.7. The van der Waals surface area contributed by atoms with Crippen LogP contribution in [0.25, 0.3) is 0 Å². The van der Waals surface area contributed by atoms with Crippen LogP contribution in [-0.2, 0) is 14.2 Å². The van der Waals surface area contributed by atoms with E-state index in [2.05, 4.69) is 53.7 Å². The van der Waals surface area contributed by atoms with E-state index in [1.54, 1.807) is 0 Å². The molecule has 9 heteroatoms. The van der Waals surface area contributed by atoms with Crippen LogP contribution in [0.1, 0.15) is 80.1 Å². The smallest absolute Gasteiger partial charge is 0.187 e. The van der Waals surface area contributed by atoms with Crippen molar-refractivity contribution in [3.05, 3.63) is 23.3 Å². The molecule has 0 aromatic carbocycles. The number of hydrogen-bond acceptors (Lipinski definition) is 9. The molecule has 9 nitrogen and oxygen atoms in total. The van der Waals surface area contributed by atoms with Gasteiger partial charge in [0.25, 0.3) is 0 Å². The SMILES string of the molecule is COCC(O)[C@@H]1O[C@@H](O[C@@H]2CC3=C4[C@@H](O)[C@@H](O)[C@H]5C[C@H](O)CC[C@]5(C)[C@H]4CC[C@]3(C)[C@H]2[C@H](C)/C=C/[C@@H](C)C(C)C)[C@H](O)[C@H]1O. The summed E-state index contributed by atoms with van der Waals surface area (Å²) in [6, 6.07) is 0. The summed E-state index contributed by atoms with van der Waals surface area (Å²) in [5, 5.41) is 65.9. The van der Waals surface area contributed by atoms with Crippen LogP contribution in [0, 0.1) is 46.3 Å². The molecule has 0 bridgehead atoms. The second kappa shape index (κ2) is 13.0. The standard InChI is InChI=1S/C35H58O9/c1-17(2)18(3)8-9-19(4)27-25(43-33-31(41)30(40)32(44-33)24(37)16-42-7)15-22-26-21(11-13-35(22,27)6)34(5)12-10-20(36)14-23(34)28(38)29(26)39/h8-9,17-21,23-25,27-33,36-41H,10-16H2,1-7H3/b9-8+/t18-,19-,20-,21+,23-,24?,25-,27+,28+,29-,30-,31-,32+,33-,34-,35+/m1/s1. The van der Waals surface area contributed by atoms with Crippen molar-refractivity contribution in [3.8, 4) is 0 Å². The summed E-state index contributed by atoms with van der Waals surface area (Å²) in [5.41, 5.74) is 1.55. The Morgan fingerprint density at radius 2 is 1.66 bits per heavy atom. The zero-order chi connectivity index (χ0) is 32.3. The van der Waals surface area contributed by atoms with Gasteiger partial charge >= 0.3 is 0 Å². The zero-order valence-corrected chi connectivity index (χ0v) is 27.7. The Morgan fingerprint density at radius 1 is 0.955 bits per heavy atom. The summed E-state index contributed by atoms with van der Waals surface area (Å²) >= 11 is 0.